The van der Waals surface area contributed by atoms with Crippen LogP contribution in [0.2, 0.25) is 0 Å². The van der Waals surface area contributed by atoms with Crippen molar-refractivity contribution in [2.45, 2.75) is 44.7 Å². The van der Waals surface area contributed by atoms with Crippen molar-refractivity contribution < 1.29 is 20.4 Å². The molecule has 0 spiro atoms. The van der Waals surface area contributed by atoms with E-state index in [-0.39, 0.29) is 0 Å². The SMILES string of the molecule is CC(O)C(O)C(O)C(C)(C)O. The van der Waals surface area contributed by atoms with Crippen molar-refractivity contribution in [1.82, 2.24) is 0 Å². The normalized spacial score (nSPS) is 21.0. The van der Waals surface area contributed by atoms with Crippen LogP contribution in [-0.2, 0) is 0 Å². The standard InChI is InChI=1S/C7H16O4/c1-4(8)5(9)6(10)7(2,3)11/h4-6,8-11H,1-3H3. The molecule has 0 aliphatic carbocycles. The van der Waals surface area contributed by atoms with E-state index < -0.39 is 23.9 Å². The molecule has 68 valence electrons. The summed E-state index contributed by atoms with van der Waals surface area (Å²) in [5.41, 5.74) is -1.39. The summed E-state index contributed by atoms with van der Waals surface area (Å²) in [6.45, 7) is 4.08. The molecule has 0 aliphatic rings. The molecule has 0 radical (unpaired) electrons. The summed E-state index contributed by atoms with van der Waals surface area (Å²) in [7, 11) is 0. The minimum absolute atomic E-state index is 1.04. The Labute approximate surface area is 66.1 Å². The van der Waals surface area contributed by atoms with Crippen LogP contribution in [-0.4, -0.2) is 44.3 Å². The van der Waals surface area contributed by atoms with E-state index in [1.807, 2.05) is 0 Å². The summed E-state index contributed by atoms with van der Waals surface area (Å²) < 4.78 is 0. The molecule has 0 saturated heterocycles. The molecule has 0 rings (SSSR count). The van der Waals surface area contributed by atoms with Crippen LogP contribution in [0, 0.1) is 0 Å². The highest BCUT2D eigenvalue weighted by Crippen LogP contribution is 2.13. The summed E-state index contributed by atoms with van der Waals surface area (Å²) in [5.74, 6) is 0. The van der Waals surface area contributed by atoms with Gasteiger partial charge in [0, 0.05) is 0 Å². The van der Waals surface area contributed by atoms with Crippen LogP contribution in [0.1, 0.15) is 20.8 Å². The minimum atomic E-state index is -1.39. The van der Waals surface area contributed by atoms with Crippen molar-refractivity contribution in [2.24, 2.45) is 0 Å². The Bertz CT molecular complexity index is 116. The average molecular weight is 164 g/mol. The smallest absolute Gasteiger partial charge is 0.110 e. The number of rotatable bonds is 3. The molecule has 4 heteroatoms. The Balaban J connectivity index is 4.13. The van der Waals surface area contributed by atoms with Crippen molar-refractivity contribution in [3.63, 3.8) is 0 Å². The lowest BCUT2D eigenvalue weighted by Crippen LogP contribution is -2.48. The van der Waals surface area contributed by atoms with Gasteiger partial charge < -0.3 is 20.4 Å². The van der Waals surface area contributed by atoms with Crippen LogP contribution in [0.3, 0.4) is 0 Å². The van der Waals surface area contributed by atoms with E-state index in [1.54, 1.807) is 0 Å². The first-order chi connectivity index (χ1) is 4.76. The Kier molecular flexibility index (Phi) is 3.44. The first kappa shape index (κ1) is 10.8. The lowest BCUT2D eigenvalue weighted by atomic mass is 9.94. The Morgan fingerprint density at radius 2 is 1.45 bits per heavy atom. The van der Waals surface area contributed by atoms with Gasteiger partial charge in [-0.1, -0.05) is 0 Å². The lowest BCUT2D eigenvalue weighted by molar-refractivity contribution is -0.134. The molecular weight excluding hydrogens is 148 g/mol. The van der Waals surface area contributed by atoms with E-state index in [4.69, 9.17) is 15.3 Å². The molecule has 0 aliphatic heterocycles. The van der Waals surface area contributed by atoms with Crippen LogP contribution in [0.4, 0.5) is 0 Å². The number of aliphatic hydroxyl groups excluding tert-OH is 3. The second kappa shape index (κ2) is 3.49. The third-order valence-electron chi connectivity index (χ3n) is 1.54. The number of hydrogen-bond donors (Lipinski definition) is 4. The van der Waals surface area contributed by atoms with Crippen LogP contribution >= 0.6 is 0 Å². The zero-order chi connectivity index (χ0) is 9.23. The highest BCUT2D eigenvalue weighted by Gasteiger charge is 2.33. The van der Waals surface area contributed by atoms with Gasteiger partial charge in [-0.25, -0.2) is 0 Å². The summed E-state index contributed by atoms with van der Waals surface area (Å²) in [6.07, 6.45) is -3.69. The molecule has 0 bridgehead atoms. The lowest BCUT2D eigenvalue weighted by Gasteiger charge is -2.29. The van der Waals surface area contributed by atoms with Gasteiger partial charge >= 0.3 is 0 Å². The molecule has 3 unspecified atom stereocenters. The molecule has 0 aromatic rings. The van der Waals surface area contributed by atoms with Gasteiger partial charge in [0.1, 0.15) is 12.2 Å². The van der Waals surface area contributed by atoms with Crippen molar-refractivity contribution in [2.75, 3.05) is 0 Å². The molecule has 11 heavy (non-hydrogen) atoms. The molecule has 0 fully saturated rings. The molecule has 4 N–H and O–H groups in total. The van der Waals surface area contributed by atoms with E-state index in [2.05, 4.69) is 0 Å². The average Bonchev–Trinajstić information content (AvgIpc) is 1.82. The summed E-state index contributed by atoms with van der Waals surface area (Å²) in [6, 6.07) is 0. The van der Waals surface area contributed by atoms with Crippen LogP contribution in [0.15, 0.2) is 0 Å². The molecular formula is C7H16O4. The molecule has 0 heterocycles. The number of hydrogen-bond acceptors (Lipinski definition) is 4. The van der Waals surface area contributed by atoms with Crippen molar-refractivity contribution in [3.05, 3.63) is 0 Å². The quantitative estimate of drug-likeness (QED) is 0.425. The predicted molar refractivity (Wildman–Crippen MR) is 40.0 cm³/mol. The monoisotopic (exact) mass is 164 g/mol. The maximum Gasteiger partial charge on any atom is 0.110 e. The van der Waals surface area contributed by atoms with Gasteiger partial charge in [-0.05, 0) is 20.8 Å². The summed E-state index contributed by atoms with van der Waals surface area (Å²) in [4.78, 5) is 0. The van der Waals surface area contributed by atoms with E-state index >= 15 is 0 Å². The van der Waals surface area contributed by atoms with Crippen LogP contribution in [0.25, 0.3) is 0 Å². The van der Waals surface area contributed by atoms with E-state index in [9.17, 15) is 5.11 Å². The third kappa shape index (κ3) is 3.16. The van der Waals surface area contributed by atoms with Gasteiger partial charge in [-0.15, -0.1) is 0 Å². The fraction of sp³-hybridized carbons (Fsp3) is 1.00. The largest absolute Gasteiger partial charge is 0.391 e. The molecule has 4 nitrogen and oxygen atoms in total. The number of aliphatic hydroxyl groups is 4. The Morgan fingerprint density at radius 1 is 1.09 bits per heavy atom. The van der Waals surface area contributed by atoms with Gasteiger partial charge in [0.2, 0.25) is 0 Å². The second-order valence-electron chi connectivity index (χ2n) is 3.33. The van der Waals surface area contributed by atoms with Crippen molar-refractivity contribution >= 4 is 0 Å². The predicted octanol–water partition coefficient (Wildman–Crippen LogP) is -1.14. The maximum atomic E-state index is 9.18. The fourth-order valence-corrected chi connectivity index (χ4v) is 0.682. The van der Waals surface area contributed by atoms with E-state index in [0.29, 0.717) is 0 Å². The molecule has 0 amide bonds. The molecule has 0 aromatic heterocycles. The van der Waals surface area contributed by atoms with Crippen molar-refractivity contribution in [3.8, 4) is 0 Å². The fourth-order valence-electron chi connectivity index (χ4n) is 0.682. The van der Waals surface area contributed by atoms with Gasteiger partial charge in [-0.3, -0.25) is 0 Å². The van der Waals surface area contributed by atoms with Gasteiger partial charge in [0.15, 0.2) is 0 Å². The third-order valence-corrected chi connectivity index (χ3v) is 1.54. The summed E-state index contributed by atoms with van der Waals surface area (Å²) >= 11 is 0. The minimum Gasteiger partial charge on any atom is -0.391 e. The van der Waals surface area contributed by atoms with Crippen LogP contribution < -0.4 is 0 Å². The maximum absolute atomic E-state index is 9.18. The highest BCUT2D eigenvalue weighted by atomic mass is 16.4. The molecule has 0 saturated carbocycles. The summed E-state index contributed by atoms with van der Waals surface area (Å²) in [5, 5.41) is 36.3. The second-order valence-corrected chi connectivity index (χ2v) is 3.33. The molecule has 3 atom stereocenters. The highest BCUT2D eigenvalue weighted by molar-refractivity contribution is 4.84. The Morgan fingerprint density at radius 3 is 1.55 bits per heavy atom. The zero-order valence-electron chi connectivity index (χ0n) is 7.02. The van der Waals surface area contributed by atoms with E-state index in [1.165, 1.54) is 20.8 Å². The zero-order valence-corrected chi connectivity index (χ0v) is 7.02. The van der Waals surface area contributed by atoms with Gasteiger partial charge in [0.25, 0.3) is 0 Å². The topological polar surface area (TPSA) is 80.9 Å². The molecule has 0 aromatic carbocycles. The Hall–Kier alpha value is -0.160. The van der Waals surface area contributed by atoms with E-state index in [0.717, 1.165) is 0 Å². The van der Waals surface area contributed by atoms with Crippen LogP contribution in [0.5, 0.6) is 0 Å². The van der Waals surface area contributed by atoms with Gasteiger partial charge in [-0.2, -0.15) is 0 Å². The first-order valence-electron chi connectivity index (χ1n) is 3.53. The van der Waals surface area contributed by atoms with Gasteiger partial charge in [0.05, 0.1) is 11.7 Å². The first-order valence-corrected chi connectivity index (χ1v) is 3.53. The van der Waals surface area contributed by atoms with Crippen molar-refractivity contribution in [1.29, 1.82) is 0 Å².